The first kappa shape index (κ1) is 12.6. The van der Waals surface area contributed by atoms with Crippen LogP contribution in [0, 0.1) is 6.92 Å². The molecule has 3 heteroatoms. The van der Waals surface area contributed by atoms with Gasteiger partial charge in [0.2, 0.25) is 0 Å². The minimum atomic E-state index is -0.734. The van der Waals surface area contributed by atoms with Gasteiger partial charge in [-0.2, -0.15) is 0 Å². The van der Waals surface area contributed by atoms with Crippen molar-refractivity contribution in [3.63, 3.8) is 0 Å². The largest absolute Gasteiger partial charge is 0.481 e. The van der Waals surface area contributed by atoms with E-state index in [2.05, 4.69) is 37.4 Å². The molecule has 88 valence electrons. The van der Waals surface area contributed by atoms with Gasteiger partial charge in [0.25, 0.3) is 0 Å². The monoisotopic (exact) mass is 221 g/mol. The highest BCUT2D eigenvalue weighted by molar-refractivity contribution is 5.66. The lowest BCUT2D eigenvalue weighted by molar-refractivity contribution is -0.137. The van der Waals surface area contributed by atoms with Gasteiger partial charge in [0, 0.05) is 18.7 Å². The van der Waals surface area contributed by atoms with Gasteiger partial charge in [-0.15, -0.1) is 0 Å². The van der Waals surface area contributed by atoms with Crippen molar-refractivity contribution in [3.8, 4) is 0 Å². The summed E-state index contributed by atoms with van der Waals surface area (Å²) in [6.45, 7) is 4.90. The van der Waals surface area contributed by atoms with Gasteiger partial charge in [0.1, 0.15) is 0 Å². The van der Waals surface area contributed by atoms with Crippen LogP contribution in [0.3, 0.4) is 0 Å². The molecule has 16 heavy (non-hydrogen) atoms. The standard InChI is InChI=1S/C13H19NO2/c1-3-11-7-4-6-10(2)13(11)14-9-5-8-12(15)16/h4,6-7,14H,3,5,8-9H2,1-2H3,(H,15,16). The molecule has 0 spiro atoms. The second kappa shape index (κ2) is 6.16. The van der Waals surface area contributed by atoms with Crippen molar-refractivity contribution in [2.45, 2.75) is 33.1 Å². The number of benzene rings is 1. The Morgan fingerprint density at radius 1 is 1.44 bits per heavy atom. The number of nitrogens with one attached hydrogen (secondary N) is 1. The van der Waals surface area contributed by atoms with Crippen LogP contribution >= 0.6 is 0 Å². The molecule has 1 aromatic carbocycles. The van der Waals surface area contributed by atoms with Crippen LogP contribution in [0.15, 0.2) is 18.2 Å². The van der Waals surface area contributed by atoms with E-state index in [0.29, 0.717) is 13.0 Å². The molecule has 0 amide bonds. The van der Waals surface area contributed by atoms with Crippen LogP contribution in [-0.2, 0) is 11.2 Å². The van der Waals surface area contributed by atoms with E-state index in [-0.39, 0.29) is 6.42 Å². The Morgan fingerprint density at radius 3 is 2.81 bits per heavy atom. The van der Waals surface area contributed by atoms with Crippen molar-refractivity contribution < 1.29 is 9.90 Å². The minimum absolute atomic E-state index is 0.223. The lowest BCUT2D eigenvalue weighted by atomic mass is 10.1. The van der Waals surface area contributed by atoms with Gasteiger partial charge in [0.05, 0.1) is 0 Å². The number of carboxylic acid groups (broad SMARTS) is 1. The van der Waals surface area contributed by atoms with Gasteiger partial charge >= 0.3 is 5.97 Å². The fraction of sp³-hybridized carbons (Fsp3) is 0.462. The zero-order valence-corrected chi connectivity index (χ0v) is 9.92. The third kappa shape index (κ3) is 3.57. The van der Waals surface area contributed by atoms with Crippen LogP contribution < -0.4 is 5.32 Å². The van der Waals surface area contributed by atoms with Gasteiger partial charge in [-0.25, -0.2) is 0 Å². The maximum atomic E-state index is 10.4. The van der Waals surface area contributed by atoms with E-state index in [9.17, 15) is 4.79 Å². The quantitative estimate of drug-likeness (QED) is 0.726. The number of anilines is 1. The zero-order chi connectivity index (χ0) is 12.0. The van der Waals surface area contributed by atoms with Gasteiger partial charge in [-0.05, 0) is 30.9 Å². The highest BCUT2D eigenvalue weighted by Crippen LogP contribution is 2.20. The summed E-state index contributed by atoms with van der Waals surface area (Å²) >= 11 is 0. The molecule has 0 radical (unpaired) electrons. The average molecular weight is 221 g/mol. The fourth-order valence-corrected chi connectivity index (χ4v) is 1.73. The molecule has 0 atom stereocenters. The number of rotatable bonds is 6. The van der Waals surface area contributed by atoms with E-state index < -0.39 is 5.97 Å². The van der Waals surface area contributed by atoms with E-state index in [1.54, 1.807) is 0 Å². The Labute approximate surface area is 96.5 Å². The van der Waals surface area contributed by atoms with Crippen molar-refractivity contribution in [2.24, 2.45) is 0 Å². The molecule has 0 aliphatic carbocycles. The second-order valence-electron chi connectivity index (χ2n) is 3.89. The van der Waals surface area contributed by atoms with Crippen LogP contribution in [-0.4, -0.2) is 17.6 Å². The third-order valence-corrected chi connectivity index (χ3v) is 2.61. The molecule has 0 fully saturated rings. The molecule has 0 bridgehead atoms. The van der Waals surface area contributed by atoms with Crippen LogP contribution in [0.4, 0.5) is 5.69 Å². The molecule has 0 unspecified atom stereocenters. The number of hydrogen-bond acceptors (Lipinski definition) is 2. The van der Waals surface area contributed by atoms with Crippen molar-refractivity contribution in [3.05, 3.63) is 29.3 Å². The number of carboxylic acids is 1. The summed E-state index contributed by atoms with van der Waals surface area (Å²) in [5.41, 5.74) is 3.67. The normalized spacial score (nSPS) is 10.1. The summed E-state index contributed by atoms with van der Waals surface area (Å²) in [5, 5.41) is 11.9. The van der Waals surface area contributed by atoms with E-state index in [0.717, 1.165) is 12.1 Å². The number of carbonyl (C=O) groups is 1. The Bertz CT molecular complexity index is 361. The first-order valence-electron chi connectivity index (χ1n) is 5.69. The summed E-state index contributed by atoms with van der Waals surface area (Å²) in [7, 11) is 0. The molecule has 0 saturated carbocycles. The lowest BCUT2D eigenvalue weighted by Gasteiger charge is -2.13. The Morgan fingerprint density at radius 2 is 2.19 bits per heavy atom. The van der Waals surface area contributed by atoms with Crippen molar-refractivity contribution >= 4 is 11.7 Å². The predicted molar refractivity (Wildman–Crippen MR) is 65.9 cm³/mol. The number of hydrogen-bond donors (Lipinski definition) is 2. The summed E-state index contributed by atoms with van der Waals surface area (Å²) in [4.78, 5) is 10.4. The van der Waals surface area contributed by atoms with Crippen LogP contribution in [0.25, 0.3) is 0 Å². The smallest absolute Gasteiger partial charge is 0.303 e. The van der Waals surface area contributed by atoms with E-state index >= 15 is 0 Å². The molecule has 0 aliphatic heterocycles. The average Bonchev–Trinajstić information content (AvgIpc) is 2.25. The van der Waals surface area contributed by atoms with Gasteiger partial charge in [0.15, 0.2) is 0 Å². The Kier molecular flexibility index (Phi) is 4.83. The molecule has 2 N–H and O–H groups in total. The zero-order valence-electron chi connectivity index (χ0n) is 9.92. The first-order valence-corrected chi connectivity index (χ1v) is 5.69. The first-order chi connectivity index (χ1) is 7.65. The maximum Gasteiger partial charge on any atom is 0.303 e. The summed E-state index contributed by atoms with van der Waals surface area (Å²) in [6, 6.07) is 6.22. The van der Waals surface area contributed by atoms with Gasteiger partial charge in [-0.3, -0.25) is 4.79 Å². The topological polar surface area (TPSA) is 49.3 Å². The SMILES string of the molecule is CCc1cccc(C)c1NCCCC(=O)O. The molecular weight excluding hydrogens is 202 g/mol. The molecule has 0 aromatic heterocycles. The second-order valence-corrected chi connectivity index (χ2v) is 3.89. The summed E-state index contributed by atoms with van der Waals surface area (Å²) in [6.07, 6.45) is 1.87. The van der Waals surface area contributed by atoms with E-state index in [1.165, 1.54) is 11.1 Å². The molecule has 3 nitrogen and oxygen atoms in total. The minimum Gasteiger partial charge on any atom is -0.481 e. The summed E-state index contributed by atoms with van der Waals surface area (Å²) in [5.74, 6) is -0.734. The van der Waals surface area contributed by atoms with E-state index in [1.807, 2.05) is 0 Å². The highest BCUT2D eigenvalue weighted by atomic mass is 16.4. The van der Waals surface area contributed by atoms with Crippen LogP contribution in [0.2, 0.25) is 0 Å². The number of aryl methyl sites for hydroxylation is 2. The highest BCUT2D eigenvalue weighted by Gasteiger charge is 2.03. The van der Waals surface area contributed by atoms with E-state index in [4.69, 9.17) is 5.11 Å². The van der Waals surface area contributed by atoms with Gasteiger partial charge in [-0.1, -0.05) is 25.1 Å². The molecule has 0 aliphatic rings. The predicted octanol–water partition coefficient (Wildman–Crippen LogP) is 2.83. The summed E-state index contributed by atoms with van der Waals surface area (Å²) < 4.78 is 0. The Hall–Kier alpha value is -1.51. The van der Waals surface area contributed by atoms with Crippen molar-refractivity contribution in [2.75, 3.05) is 11.9 Å². The maximum absolute atomic E-state index is 10.4. The van der Waals surface area contributed by atoms with Gasteiger partial charge < -0.3 is 10.4 Å². The fourth-order valence-electron chi connectivity index (χ4n) is 1.73. The number of para-hydroxylation sites is 1. The number of aliphatic carboxylic acids is 1. The molecule has 0 saturated heterocycles. The van der Waals surface area contributed by atoms with Crippen molar-refractivity contribution in [1.29, 1.82) is 0 Å². The van der Waals surface area contributed by atoms with Crippen LogP contribution in [0.1, 0.15) is 30.9 Å². The molecule has 1 rings (SSSR count). The molecule has 1 aromatic rings. The lowest BCUT2D eigenvalue weighted by Crippen LogP contribution is -2.07. The molecular formula is C13H19NO2. The van der Waals surface area contributed by atoms with Crippen molar-refractivity contribution in [1.82, 2.24) is 0 Å². The Balaban J connectivity index is 2.55. The third-order valence-electron chi connectivity index (χ3n) is 2.61. The molecule has 0 heterocycles. The van der Waals surface area contributed by atoms with Crippen LogP contribution in [0.5, 0.6) is 0 Å².